The highest BCUT2D eigenvalue weighted by Gasteiger charge is 2.37. The highest BCUT2D eigenvalue weighted by molar-refractivity contribution is 7.25. The van der Waals surface area contributed by atoms with Crippen molar-refractivity contribution >= 4 is 54.6 Å². The van der Waals surface area contributed by atoms with E-state index in [1.54, 1.807) is 0 Å². The number of fused-ring (bicyclic) bond motifs is 7. The van der Waals surface area contributed by atoms with E-state index in [2.05, 4.69) is 238 Å². The summed E-state index contributed by atoms with van der Waals surface area (Å²) in [6.45, 7) is 7.04. The first kappa shape index (κ1) is 38.4. The zero-order valence-electron chi connectivity index (χ0n) is 36.3. The van der Waals surface area contributed by atoms with Crippen molar-refractivity contribution in [1.29, 1.82) is 0 Å². The molecule has 0 spiro atoms. The molecular weight excluding hydrogens is 791 g/mol. The van der Waals surface area contributed by atoms with Crippen molar-refractivity contribution in [2.75, 3.05) is 4.90 Å². The molecule has 0 bridgehead atoms. The monoisotopic (exact) mass is 837 g/mol. The lowest BCUT2D eigenvalue weighted by atomic mass is 9.79. The number of anilines is 3. The minimum atomic E-state index is -0.0987. The van der Waals surface area contributed by atoms with E-state index in [0.717, 1.165) is 23.5 Å². The molecule has 10 aromatic rings. The van der Waals surface area contributed by atoms with Crippen molar-refractivity contribution in [1.82, 2.24) is 0 Å². The lowest BCUT2D eigenvalue weighted by Crippen LogP contribution is -2.16. The molecule has 0 fully saturated rings. The van der Waals surface area contributed by atoms with Crippen molar-refractivity contribution in [3.8, 4) is 55.6 Å². The molecule has 0 aliphatic heterocycles. The second-order valence-electron chi connectivity index (χ2n) is 18.2. The molecule has 1 atom stereocenters. The number of thiophene rings is 1. The summed E-state index contributed by atoms with van der Waals surface area (Å²) in [6, 6.07) is 74.6. The van der Waals surface area contributed by atoms with E-state index >= 15 is 0 Å². The summed E-state index contributed by atoms with van der Waals surface area (Å²) in [4.78, 5) is 2.44. The Bertz CT molecular complexity index is 3460. The maximum Gasteiger partial charge on any atom is 0.0540 e. The molecule has 1 nitrogen and oxygen atoms in total. The average Bonchev–Trinajstić information content (AvgIpc) is 3.83. The quantitative estimate of drug-likeness (QED) is 0.155. The molecule has 1 heterocycles. The predicted molar refractivity (Wildman–Crippen MR) is 275 cm³/mol. The van der Waals surface area contributed by atoms with Crippen LogP contribution in [0.5, 0.6) is 0 Å². The molecule has 9 aromatic carbocycles. The van der Waals surface area contributed by atoms with Crippen LogP contribution in [-0.4, -0.2) is 0 Å². The first-order chi connectivity index (χ1) is 31.4. The summed E-state index contributed by atoms with van der Waals surface area (Å²) >= 11 is 1.86. The van der Waals surface area contributed by atoms with E-state index in [0.29, 0.717) is 5.92 Å². The molecule has 12 rings (SSSR count). The third-order valence-electron chi connectivity index (χ3n) is 13.8. The van der Waals surface area contributed by atoms with Gasteiger partial charge in [-0.05, 0) is 139 Å². The van der Waals surface area contributed by atoms with Crippen LogP contribution in [0.15, 0.2) is 206 Å². The van der Waals surface area contributed by atoms with E-state index in [9.17, 15) is 0 Å². The number of allylic oxidation sites excluding steroid dienone is 1. The molecule has 0 radical (unpaired) electrons. The van der Waals surface area contributed by atoms with Gasteiger partial charge in [0.2, 0.25) is 0 Å². The highest BCUT2D eigenvalue weighted by atomic mass is 32.1. The largest absolute Gasteiger partial charge is 0.310 e. The smallest absolute Gasteiger partial charge is 0.0540 e. The Balaban J connectivity index is 0.963. The molecule has 306 valence electrons. The molecule has 1 unspecified atom stereocenters. The van der Waals surface area contributed by atoms with Gasteiger partial charge in [-0.25, -0.2) is 0 Å². The van der Waals surface area contributed by atoms with Crippen LogP contribution in [0.3, 0.4) is 0 Å². The SMILES string of the molecule is CC1C=Cc2c(cccc2-c2cccc(-c3ccc(N(c4ccc(-c5cccc6c5C(C)(C)c5ccccc5-6)cc4)c4ccccc4-c4ccc5sc6ccccc6c5c4)cc3)c2)C1. The minimum Gasteiger partial charge on any atom is -0.310 e. The Hall–Kier alpha value is -7.26. The number of benzene rings is 9. The highest BCUT2D eigenvalue weighted by Crippen LogP contribution is 2.52. The van der Waals surface area contributed by atoms with Gasteiger partial charge in [-0.15, -0.1) is 11.3 Å². The number of para-hydroxylation sites is 1. The summed E-state index contributed by atoms with van der Waals surface area (Å²) in [7, 11) is 0. The van der Waals surface area contributed by atoms with E-state index in [1.807, 2.05) is 11.3 Å². The zero-order chi connectivity index (χ0) is 42.9. The molecule has 0 N–H and O–H groups in total. The van der Waals surface area contributed by atoms with Crippen molar-refractivity contribution in [2.24, 2.45) is 5.92 Å². The summed E-state index contributed by atoms with van der Waals surface area (Å²) in [5.41, 5.74) is 21.4. The zero-order valence-corrected chi connectivity index (χ0v) is 37.2. The minimum absolute atomic E-state index is 0.0987. The maximum atomic E-state index is 2.44. The Kier molecular flexibility index (Phi) is 9.14. The van der Waals surface area contributed by atoms with Gasteiger partial charge >= 0.3 is 0 Å². The summed E-state index contributed by atoms with van der Waals surface area (Å²) < 4.78 is 2.63. The number of hydrogen-bond donors (Lipinski definition) is 0. The lowest BCUT2D eigenvalue weighted by molar-refractivity contribution is 0.662. The van der Waals surface area contributed by atoms with Gasteiger partial charge in [0.25, 0.3) is 0 Å². The third kappa shape index (κ3) is 6.35. The van der Waals surface area contributed by atoms with E-state index in [1.165, 1.54) is 98.1 Å². The van der Waals surface area contributed by atoms with Gasteiger partial charge in [-0.3, -0.25) is 0 Å². The van der Waals surface area contributed by atoms with Crippen LogP contribution in [-0.2, 0) is 11.8 Å². The van der Waals surface area contributed by atoms with Gasteiger partial charge in [0.15, 0.2) is 0 Å². The van der Waals surface area contributed by atoms with E-state index in [4.69, 9.17) is 0 Å². The second kappa shape index (κ2) is 15.2. The number of nitrogens with zero attached hydrogens (tertiary/aromatic N) is 1. The molecular formula is C62H47NS. The molecule has 1 aromatic heterocycles. The predicted octanol–water partition coefficient (Wildman–Crippen LogP) is 17.7. The fourth-order valence-corrected chi connectivity index (χ4v) is 11.8. The van der Waals surface area contributed by atoms with Crippen LogP contribution in [0.4, 0.5) is 17.1 Å². The van der Waals surface area contributed by atoms with E-state index in [-0.39, 0.29) is 5.41 Å². The molecule has 64 heavy (non-hydrogen) atoms. The Morgan fingerprint density at radius 2 is 1.08 bits per heavy atom. The number of rotatable bonds is 7. The Morgan fingerprint density at radius 3 is 1.92 bits per heavy atom. The lowest BCUT2D eigenvalue weighted by Gasteiger charge is -2.29. The van der Waals surface area contributed by atoms with Crippen LogP contribution < -0.4 is 4.90 Å². The van der Waals surface area contributed by atoms with Crippen LogP contribution in [0, 0.1) is 5.92 Å². The summed E-state index contributed by atoms with van der Waals surface area (Å²) in [5, 5.41) is 2.61. The van der Waals surface area contributed by atoms with Gasteiger partial charge in [0.1, 0.15) is 0 Å². The second-order valence-corrected chi connectivity index (χ2v) is 19.2. The van der Waals surface area contributed by atoms with Crippen LogP contribution in [0.1, 0.15) is 43.0 Å². The maximum absolute atomic E-state index is 2.44. The number of hydrogen-bond acceptors (Lipinski definition) is 2. The van der Waals surface area contributed by atoms with Crippen molar-refractivity contribution < 1.29 is 0 Å². The van der Waals surface area contributed by atoms with Crippen LogP contribution in [0.25, 0.3) is 81.9 Å². The first-order valence-electron chi connectivity index (χ1n) is 22.5. The average molecular weight is 838 g/mol. The van der Waals surface area contributed by atoms with Gasteiger partial charge in [0, 0.05) is 42.5 Å². The van der Waals surface area contributed by atoms with Crippen LogP contribution >= 0.6 is 11.3 Å². The molecule has 0 amide bonds. The van der Waals surface area contributed by atoms with Crippen LogP contribution in [0.2, 0.25) is 0 Å². The molecule has 2 aliphatic rings. The van der Waals surface area contributed by atoms with Crippen molar-refractivity contribution in [2.45, 2.75) is 32.6 Å². The van der Waals surface area contributed by atoms with Crippen molar-refractivity contribution in [3.63, 3.8) is 0 Å². The normalized spacial score (nSPS) is 14.6. The summed E-state index contributed by atoms with van der Waals surface area (Å²) in [5.74, 6) is 0.567. The fourth-order valence-electron chi connectivity index (χ4n) is 10.7. The van der Waals surface area contributed by atoms with Gasteiger partial charge in [0.05, 0.1) is 5.69 Å². The molecule has 2 heteroatoms. The topological polar surface area (TPSA) is 3.24 Å². The summed E-state index contributed by atoms with van der Waals surface area (Å²) in [6.07, 6.45) is 5.76. The third-order valence-corrected chi connectivity index (χ3v) is 15.0. The molecule has 0 saturated carbocycles. The van der Waals surface area contributed by atoms with Crippen molar-refractivity contribution in [3.05, 3.63) is 229 Å². The molecule has 0 saturated heterocycles. The standard InChI is InChI=1S/C62H47NS/c1-40-25-35-50-44(37-40)15-11-19-49(50)45-14-10-13-43(38-45)41-26-31-47(32-27-41)63(58-23-8-5-16-51(58)46-30-36-60-56(39-46)54-18-6-9-24-59(54)64-60)48-33-28-42(29-34-48)52-20-12-21-55-53-17-4-7-22-57(53)62(2,3)61(52)55/h4-36,38-40H,37H2,1-3H3. The Morgan fingerprint density at radius 1 is 0.469 bits per heavy atom. The first-order valence-corrected chi connectivity index (χ1v) is 23.4. The fraction of sp³-hybridized carbons (Fsp3) is 0.0968. The van der Waals surface area contributed by atoms with Gasteiger partial charge < -0.3 is 4.90 Å². The van der Waals surface area contributed by atoms with Gasteiger partial charge in [-0.1, -0.05) is 179 Å². The van der Waals surface area contributed by atoms with Gasteiger partial charge in [-0.2, -0.15) is 0 Å². The van der Waals surface area contributed by atoms with E-state index < -0.39 is 0 Å². The molecule has 2 aliphatic carbocycles. The Labute approximate surface area is 380 Å².